The fourth-order valence-electron chi connectivity index (χ4n) is 3.38. The minimum atomic E-state index is -2.24. The molecule has 0 saturated carbocycles. The fraction of sp³-hybridized carbons (Fsp3) is 0.913. The fourth-order valence-corrected chi connectivity index (χ4v) is 4.58. The summed E-state index contributed by atoms with van der Waals surface area (Å²) in [5.74, 6) is 0. The molecule has 0 spiro atoms. The van der Waals surface area contributed by atoms with Crippen molar-refractivity contribution in [2.45, 2.75) is 110 Å². The lowest BCUT2D eigenvalue weighted by Gasteiger charge is -2.21. The molecular weight excluding hydrogens is 369 g/mol. The van der Waals surface area contributed by atoms with Crippen molar-refractivity contribution in [1.82, 2.24) is 0 Å². The Morgan fingerprint density at radius 1 is 0.750 bits per heavy atom. The van der Waals surface area contributed by atoms with Crippen LogP contribution in [0.4, 0.5) is 0 Å². The molecule has 0 saturated heterocycles. The molecule has 0 fully saturated rings. The van der Waals surface area contributed by atoms with Crippen LogP contribution < -0.4 is 4.89 Å². The Labute approximate surface area is 175 Å². The predicted molar refractivity (Wildman–Crippen MR) is 121 cm³/mol. The van der Waals surface area contributed by atoms with Crippen molar-refractivity contribution in [2.75, 3.05) is 27.7 Å². The van der Waals surface area contributed by atoms with Gasteiger partial charge >= 0.3 is 5.52 Å². The van der Waals surface area contributed by atoms with Crippen molar-refractivity contribution >= 4 is 18.8 Å². The number of rotatable bonds is 19. The van der Waals surface area contributed by atoms with Crippen LogP contribution in [-0.2, 0) is 4.79 Å². The van der Waals surface area contributed by atoms with Crippen molar-refractivity contribution in [3.8, 4) is 0 Å². The first kappa shape index (κ1) is 27.7. The zero-order chi connectivity index (χ0) is 21.3. The van der Waals surface area contributed by atoms with Gasteiger partial charge in [0.05, 0.1) is 27.6 Å². The highest BCUT2D eigenvalue weighted by atomic mass is 31.1. The van der Waals surface area contributed by atoms with E-state index in [2.05, 4.69) is 6.92 Å². The molecule has 5 heteroatoms. The molecule has 1 unspecified atom stereocenters. The summed E-state index contributed by atoms with van der Waals surface area (Å²) in [6.45, 7) is 2.53. The topological polar surface area (TPSA) is 60.4 Å². The molecular formula is C23H47NO3P+. The highest BCUT2D eigenvalue weighted by Gasteiger charge is 2.22. The molecule has 0 aromatic rings. The van der Waals surface area contributed by atoms with Crippen molar-refractivity contribution in [3.63, 3.8) is 0 Å². The van der Waals surface area contributed by atoms with Crippen LogP contribution in [-0.4, -0.2) is 48.3 Å². The van der Waals surface area contributed by atoms with E-state index in [1.165, 1.54) is 77.0 Å². The van der Waals surface area contributed by atoms with Crippen LogP contribution in [0.25, 0.3) is 0 Å². The van der Waals surface area contributed by atoms with Gasteiger partial charge in [0.15, 0.2) is 14.3 Å². The lowest BCUT2D eigenvalue weighted by Crippen LogP contribution is -2.39. The number of unbranched alkanes of at least 4 members (excludes halogenated alkanes) is 14. The molecule has 28 heavy (non-hydrogen) atoms. The summed E-state index contributed by atoms with van der Waals surface area (Å²) in [4.78, 5) is 23.9. The molecule has 1 atom stereocenters. The van der Waals surface area contributed by atoms with E-state index in [1.54, 1.807) is 0 Å². The Morgan fingerprint density at radius 2 is 1.11 bits per heavy atom. The van der Waals surface area contributed by atoms with E-state index in [0.717, 1.165) is 19.3 Å². The normalized spacial score (nSPS) is 12.9. The molecule has 0 aliphatic carbocycles. The Morgan fingerprint density at radius 3 is 1.46 bits per heavy atom. The van der Waals surface area contributed by atoms with Crippen LogP contribution in [0.1, 0.15) is 110 Å². The van der Waals surface area contributed by atoms with Crippen molar-refractivity contribution in [1.29, 1.82) is 0 Å². The molecule has 0 heterocycles. The summed E-state index contributed by atoms with van der Waals surface area (Å²) < 4.78 is 0.471. The van der Waals surface area contributed by atoms with Gasteiger partial charge in [0.2, 0.25) is 0 Å². The Hall–Kier alpha value is -0.280. The lowest BCUT2D eigenvalue weighted by atomic mass is 10.0. The van der Waals surface area contributed by atoms with Gasteiger partial charge in [0.1, 0.15) is 0 Å². The van der Waals surface area contributed by atoms with Crippen LogP contribution in [0.3, 0.4) is 0 Å². The highest BCUT2D eigenvalue weighted by Crippen LogP contribution is 2.20. The number of aliphatic hydroxyl groups is 1. The average molecular weight is 417 g/mol. The van der Waals surface area contributed by atoms with Gasteiger partial charge in [-0.15, -0.1) is 0 Å². The quantitative estimate of drug-likeness (QED) is 0.166. The minimum Gasteiger partial charge on any atom is -0.622 e. The number of carbonyl (C=O) groups is 1. The van der Waals surface area contributed by atoms with Gasteiger partial charge in [-0.2, -0.15) is 0 Å². The van der Waals surface area contributed by atoms with E-state index in [0.29, 0.717) is 10.9 Å². The molecule has 0 aromatic heterocycles. The van der Waals surface area contributed by atoms with Gasteiger partial charge < -0.3 is 14.5 Å². The third-order valence-electron chi connectivity index (χ3n) is 5.07. The van der Waals surface area contributed by atoms with E-state index >= 15 is 0 Å². The monoisotopic (exact) mass is 416 g/mol. The van der Waals surface area contributed by atoms with Crippen molar-refractivity contribution in [3.05, 3.63) is 0 Å². The van der Waals surface area contributed by atoms with Gasteiger partial charge in [0.25, 0.3) is 5.48 Å². The Kier molecular flexibility index (Phi) is 17.4. The number of nitrogens with zero attached hydrogens (tertiary/aromatic N) is 1. The van der Waals surface area contributed by atoms with Crippen LogP contribution in [0, 0.1) is 0 Å². The largest absolute Gasteiger partial charge is 0.622 e. The third-order valence-corrected chi connectivity index (χ3v) is 6.36. The number of hydrogen-bond donors (Lipinski definition) is 1. The first-order valence-electron chi connectivity index (χ1n) is 11.6. The summed E-state index contributed by atoms with van der Waals surface area (Å²) in [5.41, 5.74) is -0.455. The van der Waals surface area contributed by atoms with Gasteiger partial charge in [-0.1, -0.05) is 96.8 Å². The lowest BCUT2D eigenvalue weighted by molar-refractivity contribution is -0.861. The zero-order valence-corrected chi connectivity index (χ0v) is 20.1. The standard InChI is InChI=1S/C23H46NO3P/c1-5-6-7-8-9-10-11-12-13-14-15-16-17-18-19-20-22(25)28(27)23(26)21-24(2,3)4/h5-21H2,1-4H3/p+1. The smallest absolute Gasteiger partial charge is 0.321 e. The zero-order valence-electron chi connectivity index (χ0n) is 19.2. The van der Waals surface area contributed by atoms with Crippen LogP contribution in [0.15, 0.2) is 0 Å². The van der Waals surface area contributed by atoms with Gasteiger partial charge in [0, 0.05) is 0 Å². The van der Waals surface area contributed by atoms with Gasteiger partial charge in [-0.3, -0.25) is 0 Å². The maximum Gasteiger partial charge on any atom is 0.321 e. The summed E-state index contributed by atoms with van der Waals surface area (Å²) in [6.07, 6.45) is 19.6. The molecule has 0 radical (unpaired) electrons. The number of carbonyl (C=O) groups excluding carboxylic acids is 1. The maximum atomic E-state index is 12.0. The predicted octanol–water partition coefficient (Wildman–Crippen LogP) is 5.74. The number of quaternary nitrogens is 1. The third kappa shape index (κ3) is 17.8. The van der Waals surface area contributed by atoms with Crippen LogP contribution in [0.2, 0.25) is 0 Å². The first-order chi connectivity index (χ1) is 13.3. The average Bonchev–Trinajstić information content (AvgIpc) is 2.62. The van der Waals surface area contributed by atoms with E-state index < -0.39 is 7.77 Å². The molecule has 0 rings (SSSR count). The van der Waals surface area contributed by atoms with E-state index in [4.69, 9.17) is 0 Å². The molecule has 4 nitrogen and oxygen atoms in total. The minimum absolute atomic E-state index is 0.159. The first-order valence-corrected chi connectivity index (χ1v) is 12.9. The molecule has 1 N–H and O–H groups in total. The molecule has 0 amide bonds. The number of aliphatic hydroxyl groups excluding tert-OH is 1. The summed E-state index contributed by atoms with van der Waals surface area (Å²) in [6, 6.07) is 0. The van der Waals surface area contributed by atoms with E-state index in [1.807, 2.05) is 21.1 Å². The summed E-state index contributed by atoms with van der Waals surface area (Å²) in [7, 11) is 3.46. The molecule has 0 aromatic carbocycles. The van der Waals surface area contributed by atoms with Gasteiger partial charge in [-0.05, 0) is 6.42 Å². The molecule has 0 bridgehead atoms. The van der Waals surface area contributed by atoms with Gasteiger partial charge in [-0.25, -0.2) is 4.79 Å². The second-order valence-corrected chi connectivity index (χ2v) is 10.9. The molecule has 166 valence electrons. The SMILES string of the molecule is CCCCCCCCCCCCCCCCCC(=O)/[P+]([O-])=C(\O)C[N+](C)(C)C. The Bertz CT molecular complexity index is 430. The highest BCUT2D eigenvalue weighted by molar-refractivity contribution is 7.68. The summed E-state index contributed by atoms with van der Waals surface area (Å²) in [5, 5.41) is 9.85. The van der Waals surface area contributed by atoms with Crippen LogP contribution in [0.5, 0.6) is 0 Å². The van der Waals surface area contributed by atoms with Crippen molar-refractivity contribution in [2.24, 2.45) is 0 Å². The second-order valence-electron chi connectivity index (χ2n) is 9.25. The number of likely N-dealkylation sites (N-methyl/N-ethyl adjacent to an activating group) is 1. The summed E-state index contributed by atoms with van der Waals surface area (Å²) >= 11 is 0. The molecule has 0 aliphatic rings. The van der Waals surface area contributed by atoms with E-state index in [9.17, 15) is 14.8 Å². The van der Waals surface area contributed by atoms with Crippen LogP contribution >= 0.6 is 7.77 Å². The maximum absolute atomic E-state index is 12.0. The van der Waals surface area contributed by atoms with E-state index in [-0.39, 0.29) is 17.5 Å². The van der Waals surface area contributed by atoms with Crippen molar-refractivity contribution < 1.29 is 19.3 Å². The Balaban J connectivity index is 3.50. The second kappa shape index (κ2) is 17.6. The molecule has 0 aliphatic heterocycles. The number of hydrogen-bond acceptors (Lipinski definition) is 2.